The van der Waals surface area contributed by atoms with E-state index < -0.39 is 6.04 Å². The molecule has 4 rings (SSSR count). The van der Waals surface area contributed by atoms with Gasteiger partial charge in [0.25, 0.3) is 0 Å². The fraction of sp³-hybridized carbons (Fsp3) is 0.467. The normalized spacial score (nSPS) is 17.0. The molecule has 7 heteroatoms. The first-order valence-electron chi connectivity index (χ1n) is 13.5. The van der Waals surface area contributed by atoms with Crippen LogP contribution in [0.15, 0.2) is 48.7 Å². The van der Waals surface area contributed by atoms with Crippen LogP contribution in [-0.4, -0.2) is 43.0 Å². The first-order valence-corrected chi connectivity index (χ1v) is 13.9. The Morgan fingerprint density at radius 2 is 1.97 bits per heavy atom. The molecule has 198 valence electrons. The molecule has 2 heterocycles. The van der Waals surface area contributed by atoms with Crippen molar-refractivity contribution in [3.8, 4) is 0 Å². The van der Waals surface area contributed by atoms with Crippen LogP contribution in [0.2, 0.25) is 5.02 Å². The van der Waals surface area contributed by atoms with Crippen molar-refractivity contribution in [3.05, 3.63) is 64.8 Å². The number of carbonyl (C=O) groups excluding carboxylic acids is 2. The third kappa shape index (κ3) is 6.36. The molecule has 2 unspecified atom stereocenters. The molecular formula is C30H40ClN4O2+. The quantitative estimate of drug-likeness (QED) is 0.362. The zero-order valence-electron chi connectivity index (χ0n) is 22.4. The number of para-hydroxylation sites is 1. The van der Waals surface area contributed by atoms with E-state index in [2.05, 4.69) is 42.6 Å². The zero-order chi connectivity index (χ0) is 26.5. The van der Waals surface area contributed by atoms with E-state index in [-0.39, 0.29) is 17.7 Å². The molecule has 0 saturated heterocycles. The topological polar surface area (TPSA) is 81.8 Å². The average Bonchev–Trinajstić information content (AvgIpc) is 3.30. The zero-order valence-corrected chi connectivity index (χ0v) is 23.1. The molecule has 0 radical (unpaired) electrons. The van der Waals surface area contributed by atoms with Crippen molar-refractivity contribution in [1.82, 2.24) is 10.3 Å². The Labute approximate surface area is 225 Å². The maximum Gasteiger partial charge on any atom is 0.250 e. The van der Waals surface area contributed by atoms with Crippen molar-refractivity contribution in [2.75, 3.05) is 25.0 Å². The number of hydrogen-bond acceptors (Lipinski definition) is 2. The predicted octanol–water partition coefficient (Wildman–Crippen LogP) is 4.63. The molecule has 0 aliphatic carbocycles. The second kappa shape index (κ2) is 12.1. The number of rotatable bonds is 10. The summed E-state index contributed by atoms with van der Waals surface area (Å²) in [6.07, 6.45) is 5.07. The largest absolute Gasteiger partial charge is 0.361 e. The minimum absolute atomic E-state index is 0.0700. The molecule has 3 atom stereocenters. The van der Waals surface area contributed by atoms with Gasteiger partial charge in [0.2, 0.25) is 11.8 Å². The van der Waals surface area contributed by atoms with Crippen molar-refractivity contribution in [1.29, 1.82) is 0 Å². The number of fused-ring (bicyclic) bond motifs is 2. The predicted molar refractivity (Wildman–Crippen MR) is 151 cm³/mol. The SMILES string of the molecule is C[NH2+]C[C@H]1Cc2cc(Cl)ccc2N(C(=O)C(NC(=O)CCCC(C)C)C(C)c2c[nH]c3ccccc23)C1. The molecule has 6 nitrogen and oxygen atoms in total. The van der Waals surface area contributed by atoms with E-state index in [9.17, 15) is 9.59 Å². The summed E-state index contributed by atoms with van der Waals surface area (Å²) in [5.41, 5.74) is 4.03. The number of nitrogens with one attached hydrogen (secondary N) is 2. The van der Waals surface area contributed by atoms with Gasteiger partial charge < -0.3 is 20.5 Å². The van der Waals surface area contributed by atoms with E-state index in [1.165, 1.54) is 0 Å². The highest BCUT2D eigenvalue weighted by molar-refractivity contribution is 6.30. The van der Waals surface area contributed by atoms with E-state index in [0.717, 1.165) is 53.5 Å². The number of aromatic amines is 1. The molecule has 0 bridgehead atoms. The van der Waals surface area contributed by atoms with Gasteiger partial charge in [0, 0.05) is 52.6 Å². The van der Waals surface area contributed by atoms with Crippen LogP contribution in [0, 0.1) is 11.8 Å². The number of aromatic nitrogens is 1. The molecule has 1 aromatic heterocycles. The number of quaternary nitrogens is 1. The highest BCUT2D eigenvalue weighted by Gasteiger charge is 2.37. The van der Waals surface area contributed by atoms with Gasteiger partial charge in [-0.05, 0) is 54.2 Å². The summed E-state index contributed by atoms with van der Waals surface area (Å²) in [4.78, 5) is 32.7. The van der Waals surface area contributed by atoms with Crippen molar-refractivity contribution < 1.29 is 14.9 Å². The van der Waals surface area contributed by atoms with Gasteiger partial charge in [-0.15, -0.1) is 0 Å². The van der Waals surface area contributed by atoms with Crippen molar-refractivity contribution in [3.63, 3.8) is 0 Å². The highest BCUT2D eigenvalue weighted by atomic mass is 35.5. The van der Waals surface area contributed by atoms with Gasteiger partial charge >= 0.3 is 0 Å². The molecule has 2 aromatic carbocycles. The number of carbonyl (C=O) groups is 2. The van der Waals surface area contributed by atoms with Crippen LogP contribution in [-0.2, 0) is 16.0 Å². The highest BCUT2D eigenvalue weighted by Crippen LogP contribution is 2.34. The number of nitrogens with two attached hydrogens (primary N) is 1. The standard InChI is InChI=1S/C30H39ClN4O2/c1-19(2)8-7-11-28(36)34-29(20(3)25-17-33-26-10-6-5-9-24(25)26)30(37)35-18-21(16-32-4)14-22-15-23(31)12-13-27(22)35/h5-6,9-10,12-13,15,17,19-21,29,32-33H,7-8,11,14,16,18H2,1-4H3,(H,34,36)/p+1/t20?,21-,29?/m1/s1. The summed E-state index contributed by atoms with van der Waals surface area (Å²) >= 11 is 6.33. The Morgan fingerprint density at radius 1 is 1.19 bits per heavy atom. The number of benzene rings is 2. The van der Waals surface area contributed by atoms with E-state index in [4.69, 9.17) is 11.6 Å². The second-order valence-electron chi connectivity index (χ2n) is 10.8. The Hall–Kier alpha value is -2.83. The number of H-pyrrole nitrogens is 1. The van der Waals surface area contributed by atoms with Gasteiger partial charge in [0.05, 0.1) is 13.6 Å². The average molecular weight is 524 g/mol. The number of amides is 2. The molecule has 4 N–H and O–H groups in total. The molecule has 37 heavy (non-hydrogen) atoms. The number of hydrogen-bond donors (Lipinski definition) is 3. The van der Waals surface area contributed by atoms with Gasteiger partial charge in [-0.2, -0.15) is 0 Å². The Balaban J connectivity index is 1.67. The summed E-state index contributed by atoms with van der Waals surface area (Å²) in [6.45, 7) is 7.90. The lowest BCUT2D eigenvalue weighted by atomic mass is 9.88. The third-order valence-electron chi connectivity index (χ3n) is 7.50. The molecular weight excluding hydrogens is 484 g/mol. The lowest BCUT2D eigenvalue weighted by Gasteiger charge is -2.37. The minimum atomic E-state index is -0.682. The van der Waals surface area contributed by atoms with Crippen molar-refractivity contribution >= 4 is 40.0 Å². The summed E-state index contributed by atoms with van der Waals surface area (Å²) in [5.74, 6) is 0.494. The summed E-state index contributed by atoms with van der Waals surface area (Å²) < 4.78 is 0. The lowest BCUT2D eigenvalue weighted by molar-refractivity contribution is -0.632. The van der Waals surface area contributed by atoms with Crippen LogP contribution >= 0.6 is 11.6 Å². The van der Waals surface area contributed by atoms with Gasteiger partial charge in [0.1, 0.15) is 6.04 Å². The van der Waals surface area contributed by atoms with Crippen LogP contribution in [0.4, 0.5) is 5.69 Å². The van der Waals surface area contributed by atoms with Crippen molar-refractivity contribution in [2.45, 2.75) is 58.4 Å². The van der Waals surface area contributed by atoms with Gasteiger partial charge in [-0.3, -0.25) is 9.59 Å². The molecule has 0 saturated carbocycles. The van der Waals surface area contributed by atoms with E-state index in [0.29, 0.717) is 29.8 Å². The number of halogens is 1. The Morgan fingerprint density at radius 3 is 2.73 bits per heavy atom. The van der Waals surface area contributed by atoms with Gasteiger partial charge in [-0.25, -0.2) is 0 Å². The van der Waals surface area contributed by atoms with Crippen LogP contribution < -0.4 is 15.5 Å². The maximum absolute atomic E-state index is 14.3. The van der Waals surface area contributed by atoms with E-state index in [1.807, 2.05) is 54.4 Å². The lowest BCUT2D eigenvalue weighted by Crippen LogP contribution is -2.82. The molecule has 1 aliphatic heterocycles. The minimum Gasteiger partial charge on any atom is -0.361 e. The first-order chi connectivity index (χ1) is 17.8. The molecule has 0 spiro atoms. The van der Waals surface area contributed by atoms with E-state index in [1.54, 1.807) is 0 Å². The molecule has 2 amide bonds. The molecule has 3 aromatic rings. The van der Waals surface area contributed by atoms with Crippen LogP contribution in [0.1, 0.15) is 57.1 Å². The monoisotopic (exact) mass is 523 g/mol. The number of nitrogens with zero attached hydrogens (tertiary/aromatic N) is 1. The maximum atomic E-state index is 14.3. The molecule has 1 aliphatic rings. The molecule has 0 fully saturated rings. The fourth-order valence-corrected chi connectivity index (χ4v) is 5.74. The van der Waals surface area contributed by atoms with Crippen LogP contribution in [0.25, 0.3) is 10.9 Å². The van der Waals surface area contributed by atoms with Gasteiger partial charge in [0.15, 0.2) is 0 Å². The fourth-order valence-electron chi connectivity index (χ4n) is 5.55. The Bertz CT molecular complexity index is 1240. The smallest absolute Gasteiger partial charge is 0.250 e. The van der Waals surface area contributed by atoms with Crippen LogP contribution in [0.3, 0.4) is 0 Å². The van der Waals surface area contributed by atoms with Crippen molar-refractivity contribution in [2.24, 2.45) is 11.8 Å². The summed E-state index contributed by atoms with van der Waals surface area (Å²) in [5, 5.41) is 7.06. The summed E-state index contributed by atoms with van der Waals surface area (Å²) in [6, 6.07) is 13.2. The second-order valence-corrected chi connectivity index (χ2v) is 11.3. The third-order valence-corrected chi connectivity index (χ3v) is 7.73. The van der Waals surface area contributed by atoms with Crippen LogP contribution in [0.5, 0.6) is 0 Å². The van der Waals surface area contributed by atoms with E-state index >= 15 is 0 Å². The Kier molecular flexibility index (Phi) is 8.93. The summed E-state index contributed by atoms with van der Waals surface area (Å²) in [7, 11) is 2.05. The van der Waals surface area contributed by atoms with Gasteiger partial charge in [-0.1, -0.05) is 57.0 Å². The number of anilines is 1. The first kappa shape index (κ1) is 27.2.